The first-order chi connectivity index (χ1) is 6.20. The molecule has 1 fully saturated rings. The van der Waals surface area contributed by atoms with E-state index in [9.17, 15) is 9.59 Å². The van der Waals surface area contributed by atoms with Crippen LogP contribution in [-0.2, 0) is 14.3 Å². The van der Waals surface area contributed by atoms with Crippen molar-refractivity contribution in [2.75, 3.05) is 19.8 Å². The largest absolute Gasteiger partial charge is 0.474 e. The van der Waals surface area contributed by atoms with Crippen LogP contribution in [0, 0.1) is 5.92 Å². The maximum Gasteiger partial charge on any atom is 0.394 e. The zero-order valence-electron chi connectivity index (χ0n) is 7.28. The van der Waals surface area contributed by atoms with Gasteiger partial charge in [-0.3, -0.25) is 4.79 Å². The number of nitrogens with one attached hydrogen (secondary N) is 1. The summed E-state index contributed by atoms with van der Waals surface area (Å²) in [4.78, 5) is 20.8. The lowest BCUT2D eigenvalue weighted by atomic mass is 10.0. The van der Waals surface area contributed by atoms with Gasteiger partial charge in [0.1, 0.15) is 0 Å². The van der Waals surface area contributed by atoms with Crippen molar-refractivity contribution in [2.24, 2.45) is 5.92 Å². The number of aliphatic carboxylic acids is 1. The minimum absolute atomic E-state index is 0.261. The van der Waals surface area contributed by atoms with Crippen molar-refractivity contribution in [3.05, 3.63) is 0 Å². The summed E-state index contributed by atoms with van der Waals surface area (Å²) >= 11 is 0. The van der Waals surface area contributed by atoms with Gasteiger partial charge in [-0.15, -0.1) is 0 Å². The first-order valence-electron chi connectivity index (χ1n) is 4.29. The molecule has 1 heterocycles. The molecule has 1 aliphatic rings. The van der Waals surface area contributed by atoms with Crippen LogP contribution < -0.4 is 5.32 Å². The molecule has 1 aliphatic heterocycles. The fourth-order valence-electron chi connectivity index (χ4n) is 1.28. The number of carbonyl (C=O) groups excluding carboxylic acids is 1. The number of carboxylic acid groups (broad SMARTS) is 1. The molecule has 0 saturated carbocycles. The van der Waals surface area contributed by atoms with Gasteiger partial charge in [0.15, 0.2) is 0 Å². The molecule has 5 nitrogen and oxygen atoms in total. The van der Waals surface area contributed by atoms with E-state index < -0.39 is 11.9 Å². The summed E-state index contributed by atoms with van der Waals surface area (Å²) < 4.78 is 5.18. The summed E-state index contributed by atoms with van der Waals surface area (Å²) in [6, 6.07) is 0. The van der Waals surface area contributed by atoms with Crippen LogP contribution in [0.3, 0.4) is 0 Å². The Morgan fingerprint density at radius 1 is 1.54 bits per heavy atom. The van der Waals surface area contributed by atoms with Crippen molar-refractivity contribution < 1.29 is 19.4 Å². The molecule has 1 unspecified atom stereocenters. The van der Waals surface area contributed by atoms with E-state index in [1.165, 1.54) is 0 Å². The molecule has 0 aromatic carbocycles. The van der Waals surface area contributed by atoms with Crippen LogP contribution in [0.2, 0.25) is 0 Å². The van der Waals surface area contributed by atoms with E-state index in [-0.39, 0.29) is 5.92 Å². The van der Waals surface area contributed by atoms with E-state index in [0.717, 1.165) is 19.4 Å². The first kappa shape index (κ1) is 9.98. The molecule has 74 valence electrons. The van der Waals surface area contributed by atoms with Gasteiger partial charge in [0, 0.05) is 13.2 Å². The molecule has 1 saturated heterocycles. The third-order valence-electron chi connectivity index (χ3n) is 2.00. The molecule has 0 aromatic rings. The van der Waals surface area contributed by atoms with Crippen LogP contribution in [0.1, 0.15) is 12.8 Å². The van der Waals surface area contributed by atoms with Crippen LogP contribution in [0.4, 0.5) is 0 Å². The summed E-state index contributed by atoms with van der Waals surface area (Å²) in [5.41, 5.74) is 0. The molecular formula is C8H13NO4. The highest BCUT2D eigenvalue weighted by molar-refractivity contribution is 6.31. The normalized spacial score (nSPS) is 22.3. The smallest absolute Gasteiger partial charge is 0.394 e. The van der Waals surface area contributed by atoms with E-state index in [1.807, 2.05) is 0 Å². The van der Waals surface area contributed by atoms with E-state index >= 15 is 0 Å². The van der Waals surface area contributed by atoms with Gasteiger partial charge in [0.25, 0.3) is 0 Å². The highest BCUT2D eigenvalue weighted by Crippen LogP contribution is 2.11. The van der Waals surface area contributed by atoms with Gasteiger partial charge >= 0.3 is 11.9 Å². The second kappa shape index (κ2) is 4.81. The zero-order valence-corrected chi connectivity index (χ0v) is 7.28. The van der Waals surface area contributed by atoms with Gasteiger partial charge < -0.3 is 15.2 Å². The Morgan fingerprint density at radius 2 is 2.31 bits per heavy atom. The molecule has 2 N–H and O–H groups in total. The predicted octanol–water partition coefficient (Wildman–Crippen LogP) is -0.386. The molecule has 5 heteroatoms. The highest BCUT2D eigenvalue weighted by Gasteiger charge is 2.16. The van der Waals surface area contributed by atoms with Gasteiger partial charge in [0.05, 0.1) is 6.61 Å². The Kier molecular flexibility index (Phi) is 3.70. The summed E-state index contributed by atoms with van der Waals surface area (Å²) in [7, 11) is 0. The van der Waals surface area contributed by atoms with Crippen LogP contribution >= 0.6 is 0 Å². The Balaban J connectivity index is 2.17. The number of amides is 1. The average Bonchev–Trinajstić information content (AvgIpc) is 2.15. The van der Waals surface area contributed by atoms with Gasteiger partial charge in [-0.2, -0.15) is 0 Å². The summed E-state index contributed by atoms with van der Waals surface area (Å²) in [5, 5.41) is 10.6. The lowest BCUT2D eigenvalue weighted by Crippen LogP contribution is -2.36. The predicted molar refractivity (Wildman–Crippen MR) is 44.2 cm³/mol. The molecule has 1 amide bonds. The molecular weight excluding hydrogens is 174 g/mol. The SMILES string of the molecule is O=C(O)C(=O)NCC1CCCOC1. The maximum absolute atomic E-state index is 10.6. The van der Waals surface area contributed by atoms with Crippen molar-refractivity contribution >= 4 is 11.9 Å². The van der Waals surface area contributed by atoms with Crippen LogP contribution in [0.5, 0.6) is 0 Å². The number of ether oxygens (including phenoxy) is 1. The molecule has 13 heavy (non-hydrogen) atoms. The molecule has 0 aromatic heterocycles. The number of hydrogen-bond donors (Lipinski definition) is 2. The van der Waals surface area contributed by atoms with Gasteiger partial charge in [-0.25, -0.2) is 4.79 Å². The summed E-state index contributed by atoms with van der Waals surface area (Å²) in [6.07, 6.45) is 1.97. The van der Waals surface area contributed by atoms with Crippen molar-refractivity contribution in [1.82, 2.24) is 5.32 Å². The Morgan fingerprint density at radius 3 is 2.85 bits per heavy atom. The van der Waals surface area contributed by atoms with E-state index in [0.29, 0.717) is 13.2 Å². The lowest BCUT2D eigenvalue weighted by molar-refractivity contribution is -0.150. The van der Waals surface area contributed by atoms with Crippen molar-refractivity contribution in [2.45, 2.75) is 12.8 Å². The number of carboxylic acids is 1. The fraction of sp³-hybridized carbons (Fsp3) is 0.750. The summed E-state index contributed by atoms with van der Waals surface area (Å²) in [6.45, 7) is 1.77. The highest BCUT2D eigenvalue weighted by atomic mass is 16.5. The fourth-order valence-corrected chi connectivity index (χ4v) is 1.28. The third-order valence-corrected chi connectivity index (χ3v) is 2.00. The van der Waals surface area contributed by atoms with Gasteiger partial charge in [-0.05, 0) is 18.8 Å². The number of hydrogen-bond acceptors (Lipinski definition) is 3. The second-order valence-corrected chi connectivity index (χ2v) is 3.10. The number of carbonyl (C=O) groups is 2. The molecule has 0 aliphatic carbocycles. The Labute approximate surface area is 76.1 Å². The third kappa shape index (κ3) is 3.42. The van der Waals surface area contributed by atoms with Gasteiger partial charge in [-0.1, -0.05) is 0 Å². The van der Waals surface area contributed by atoms with Crippen LogP contribution in [0.25, 0.3) is 0 Å². The van der Waals surface area contributed by atoms with Crippen molar-refractivity contribution in [3.8, 4) is 0 Å². The minimum atomic E-state index is -1.43. The second-order valence-electron chi connectivity index (χ2n) is 3.10. The quantitative estimate of drug-likeness (QED) is 0.577. The lowest BCUT2D eigenvalue weighted by Gasteiger charge is -2.21. The molecule has 1 rings (SSSR count). The minimum Gasteiger partial charge on any atom is -0.474 e. The maximum atomic E-state index is 10.6. The topological polar surface area (TPSA) is 75.6 Å². The van der Waals surface area contributed by atoms with E-state index in [1.54, 1.807) is 0 Å². The zero-order chi connectivity index (χ0) is 9.68. The Bertz CT molecular complexity index is 198. The monoisotopic (exact) mass is 187 g/mol. The van der Waals surface area contributed by atoms with Crippen LogP contribution in [0.15, 0.2) is 0 Å². The molecule has 1 atom stereocenters. The Hall–Kier alpha value is -1.10. The molecule has 0 radical (unpaired) electrons. The molecule has 0 bridgehead atoms. The van der Waals surface area contributed by atoms with Crippen molar-refractivity contribution in [1.29, 1.82) is 0 Å². The molecule has 0 spiro atoms. The standard InChI is InChI=1S/C8H13NO4/c10-7(8(11)12)9-4-6-2-1-3-13-5-6/h6H,1-5H2,(H,9,10)(H,11,12). The summed E-state index contributed by atoms with van der Waals surface area (Å²) in [5.74, 6) is -2.11. The van der Waals surface area contributed by atoms with E-state index in [2.05, 4.69) is 5.32 Å². The first-order valence-corrected chi connectivity index (χ1v) is 4.29. The average molecular weight is 187 g/mol. The van der Waals surface area contributed by atoms with Gasteiger partial charge in [0.2, 0.25) is 0 Å². The van der Waals surface area contributed by atoms with E-state index in [4.69, 9.17) is 9.84 Å². The number of rotatable bonds is 2. The van der Waals surface area contributed by atoms with Crippen LogP contribution in [-0.4, -0.2) is 36.7 Å². The van der Waals surface area contributed by atoms with Crippen molar-refractivity contribution in [3.63, 3.8) is 0 Å².